The molecule has 0 atom stereocenters. The first-order chi connectivity index (χ1) is 13.7. The average Bonchev–Trinajstić information content (AvgIpc) is 2.66. The van der Waals surface area contributed by atoms with Crippen molar-refractivity contribution in [1.82, 2.24) is 0 Å². The number of carbonyl (C=O) groups excluding carboxylic acids is 1. The Labute approximate surface area is 177 Å². The second-order valence-corrected chi connectivity index (χ2v) is 9.01. The molecule has 0 aliphatic carbocycles. The van der Waals surface area contributed by atoms with Gasteiger partial charge in [-0.15, -0.1) is 0 Å². The first-order valence-electron chi connectivity index (χ1n) is 8.66. The number of benzene rings is 3. The van der Waals surface area contributed by atoms with E-state index in [2.05, 4.69) is 26.0 Å². The van der Waals surface area contributed by atoms with Gasteiger partial charge in [0, 0.05) is 11.4 Å². The number of amides is 1. The smallest absolute Gasteiger partial charge is 0.261 e. The van der Waals surface area contributed by atoms with E-state index in [1.807, 2.05) is 6.92 Å². The van der Waals surface area contributed by atoms with E-state index >= 15 is 0 Å². The maximum absolute atomic E-state index is 13.3. The molecule has 3 aromatic carbocycles. The van der Waals surface area contributed by atoms with Gasteiger partial charge in [-0.2, -0.15) is 0 Å². The maximum Gasteiger partial charge on any atom is 0.261 e. The molecule has 29 heavy (non-hydrogen) atoms. The Hall–Kier alpha value is -2.71. The molecule has 0 saturated heterocycles. The number of hydrogen-bond donors (Lipinski definition) is 2. The van der Waals surface area contributed by atoms with E-state index in [9.17, 15) is 17.6 Å². The zero-order valence-electron chi connectivity index (χ0n) is 15.4. The van der Waals surface area contributed by atoms with Crippen LogP contribution in [0.2, 0.25) is 0 Å². The first kappa shape index (κ1) is 21.0. The molecule has 0 heterocycles. The summed E-state index contributed by atoms with van der Waals surface area (Å²) in [4.78, 5) is 12.3. The van der Waals surface area contributed by atoms with E-state index in [0.29, 0.717) is 21.4 Å². The molecule has 0 aliphatic rings. The van der Waals surface area contributed by atoms with Crippen LogP contribution in [0.1, 0.15) is 11.1 Å². The van der Waals surface area contributed by atoms with Gasteiger partial charge in [0.15, 0.2) is 0 Å². The highest BCUT2D eigenvalue weighted by Crippen LogP contribution is 2.20. The van der Waals surface area contributed by atoms with Crippen LogP contribution in [-0.2, 0) is 21.2 Å². The Kier molecular flexibility index (Phi) is 6.34. The van der Waals surface area contributed by atoms with E-state index in [4.69, 9.17) is 0 Å². The van der Waals surface area contributed by atoms with Crippen LogP contribution in [0.15, 0.2) is 76.1 Å². The number of aryl methyl sites for hydroxylation is 1. The molecule has 0 aromatic heterocycles. The van der Waals surface area contributed by atoms with E-state index < -0.39 is 15.8 Å². The summed E-state index contributed by atoms with van der Waals surface area (Å²) in [6.45, 7) is 1.88. The summed E-state index contributed by atoms with van der Waals surface area (Å²) in [5.74, 6) is -0.658. The molecule has 0 saturated carbocycles. The van der Waals surface area contributed by atoms with Gasteiger partial charge < -0.3 is 5.32 Å². The van der Waals surface area contributed by atoms with E-state index in [1.165, 1.54) is 6.07 Å². The predicted octanol–water partition coefficient (Wildman–Crippen LogP) is 4.88. The van der Waals surface area contributed by atoms with Crippen LogP contribution >= 0.6 is 15.9 Å². The second-order valence-electron chi connectivity index (χ2n) is 6.47. The number of rotatable bonds is 6. The molecule has 0 radical (unpaired) electrons. The van der Waals surface area contributed by atoms with E-state index in [-0.39, 0.29) is 17.2 Å². The molecule has 0 fully saturated rings. The van der Waals surface area contributed by atoms with Crippen molar-refractivity contribution in [3.63, 3.8) is 0 Å². The molecule has 2 N–H and O–H groups in total. The van der Waals surface area contributed by atoms with Crippen LogP contribution < -0.4 is 10.0 Å². The Morgan fingerprint density at radius 2 is 1.59 bits per heavy atom. The van der Waals surface area contributed by atoms with Gasteiger partial charge in [0.1, 0.15) is 5.82 Å². The van der Waals surface area contributed by atoms with E-state index in [1.54, 1.807) is 60.7 Å². The monoisotopic (exact) mass is 476 g/mol. The number of anilines is 2. The van der Waals surface area contributed by atoms with Crippen LogP contribution in [0.3, 0.4) is 0 Å². The molecule has 3 aromatic rings. The number of carbonyl (C=O) groups is 1. The van der Waals surface area contributed by atoms with Gasteiger partial charge in [0.05, 0.1) is 15.8 Å². The van der Waals surface area contributed by atoms with Gasteiger partial charge >= 0.3 is 0 Å². The van der Waals surface area contributed by atoms with Crippen molar-refractivity contribution < 1.29 is 17.6 Å². The van der Waals surface area contributed by atoms with Gasteiger partial charge in [0.25, 0.3) is 10.0 Å². The molecule has 0 spiro atoms. The topological polar surface area (TPSA) is 75.3 Å². The second kappa shape index (κ2) is 8.75. The highest BCUT2D eigenvalue weighted by molar-refractivity contribution is 9.10. The van der Waals surface area contributed by atoms with Crippen molar-refractivity contribution in [2.24, 2.45) is 0 Å². The molecule has 8 heteroatoms. The third-order valence-electron chi connectivity index (χ3n) is 4.10. The standard InChI is InChI=1S/C21H18BrFN2O3S/c1-14-2-9-18(10-3-14)29(27,28)25-17-7-5-16(6-8-17)24-21(26)13-15-4-11-20(23)19(22)12-15/h2-12,25H,13H2,1H3,(H,24,26). The molecular formula is C21H18BrFN2O3S. The third kappa shape index (κ3) is 5.65. The summed E-state index contributed by atoms with van der Waals surface area (Å²) in [6.07, 6.45) is 0.0840. The lowest BCUT2D eigenvalue weighted by Gasteiger charge is -2.10. The van der Waals surface area contributed by atoms with Gasteiger partial charge in [-0.1, -0.05) is 23.8 Å². The zero-order valence-corrected chi connectivity index (χ0v) is 17.8. The van der Waals surface area contributed by atoms with Crippen molar-refractivity contribution in [2.45, 2.75) is 18.2 Å². The molecule has 150 valence electrons. The Balaban J connectivity index is 1.63. The fourth-order valence-electron chi connectivity index (χ4n) is 2.59. The minimum atomic E-state index is -3.69. The van der Waals surface area contributed by atoms with Gasteiger partial charge in [0.2, 0.25) is 5.91 Å². The Morgan fingerprint density at radius 3 is 2.21 bits per heavy atom. The van der Waals surface area contributed by atoms with Crippen molar-refractivity contribution in [2.75, 3.05) is 10.0 Å². The lowest BCUT2D eigenvalue weighted by molar-refractivity contribution is -0.115. The zero-order chi connectivity index (χ0) is 21.0. The maximum atomic E-state index is 13.3. The summed E-state index contributed by atoms with van der Waals surface area (Å²) >= 11 is 3.09. The Bertz CT molecular complexity index is 1130. The van der Waals surface area contributed by atoms with Crippen LogP contribution in [0.5, 0.6) is 0 Å². The average molecular weight is 477 g/mol. The number of halogens is 2. The van der Waals surface area contributed by atoms with Crippen LogP contribution in [-0.4, -0.2) is 14.3 Å². The van der Waals surface area contributed by atoms with Gasteiger partial charge in [-0.3, -0.25) is 9.52 Å². The molecule has 3 rings (SSSR count). The number of sulfonamides is 1. The minimum absolute atomic E-state index is 0.0840. The third-order valence-corrected chi connectivity index (χ3v) is 6.11. The molecule has 5 nitrogen and oxygen atoms in total. The van der Waals surface area contributed by atoms with Crippen molar-refractivity contribution in [3.8, 4) is 0 Å². The normalized spacial score (nSPS) is 11.1. The van der Waals surface area contributed by atoms with Crippen LogP contribution in [0.25, 0.3) is 0 Å². The fraction of sp³-hybridized carbons (Fsp3) is 0.0952. The fourth-order valence-corrected chi connectivity index (χ4v) is 4.08. The van der Waals surface area contributed by atoms with Crippen molar-refractivity contribution >= 4 is 43.2 Å². The summed E-state index contributed by atoms with van der Waals surface area (Å²) < 4.78 is 40.9. The summed E-state index contributed by atoms with van der Waals surface area (Å²) in [6, 6.07) is 17.3. The van der Waals surface area contributed by atoms with Crippen LogP contribution in [0.4, 0.5) is 15.8 Å². The van der Waals surface area contributed by atoms with Gasteiger partial charge in [-0.05, 0) is 76.9 Å². The molecule has 0 aliphatic heterocycles. The van der Waals surface area contributed by atoms with E-state index in [0.717, 1.165) is 5.56 Å². The first-order valence-corrected chi connectivity index (χ1v) is 10.9. The van der Waals surface area contributed by atoms with Crippen molar-refractivity contribution in [3.05, 3.63) is 88.1 Å². The molecule has 0 unspecified atom stereocenters. The highest BCUT2D eigenvalue weighted by Gasteiger charge is 2.14. The minimum Gasteiger partial charge on any atom is -0.326 e. The summed E-state index contributed by atoms with van der Waals surface area (Å²) in [5.41, 5.74) is 2.54. The van der Waals surface area contributed by atoms with Crippen LogP contribution in [0, 0.1) is 12.7 Å². The number of nitrogens with one attached hydrogen (secondary N) is 2. The predicted molar refractivity (Wildman–Crippen MR) is 115 cm³/mol. The SMILES string of the molecule is Cc1ccc(S(=O)(=O)Nc2ccc(NC(=O)Cc3ccc(F)c(Br)c3)cc2)cc1. The summed E-state index contributed by atoms with van der Waals surface area (Å²) in [5, 5.41) is 2.73. The molecule has 0 bridgehead atoms. The van der Waals surface area contributed by atoms with Crippen molar-refractivity contribution in [1.29, 1.82) is 0 Å². The Morgan fingerprint density at radius 1 is 0.966 bits per heavy atom. The lowest BCUT2D eigenvalue weighted by atomic mass is 10.1. The molecular weight excluding hydrogens is 459 g/mol. The highest BCUT2D eigenvalue weighted by atomic mass is 79.9. The number of hydrogen-bond acceptors (Lipinski definition) is 3. The molecule has 1 amide bonds. The largest absolute Gasteiger partial charge is 0.326 e. The quantitative estimate of drug-likeness (QED) is 0.532. The summed E-state index contributed by atoms with van der Waals surface area (Å²) in [7, 11) is -3.69. The van der Waals surface area contributed by atoms with Gasteiger partial charge in [-0.25, -0.2) is 12.8 Å². The lowest BCUT2D eigenvalue weighted by Crippen LogP contribution is -2.15.